The van der Waals surface area contributed by atoms with Crippen LogP contribution >= 0.6 is 11.6 Å². The smallest absolute Gasteiger partial charge is 0.260 e. The van der Waals surface area contributed by atoms with Gasteiger partial charge in [-0.15, -0.1) is 0 Å². The lowest BCUT2D eigenvalue weighted by Crippen LogP contribution is -2.45. The Morgan fingerprint density at radius 2 is 2.17 bits per heavy atom. The van der Waals surface area contributed by atoms with E-state index in [2.05, 4.69) is 0 Å². The molecule has 24 heavy (non-hydrogen) atoms. The van der Waals surface area contributed by atoms with E-state index in [0.717, 1.165) is 5.56 Å². The molecule has 1 aromatic rings. The van der Waals surface area contributed by atoms with E-state index in [4.69, 9.17) is 21.1 Å². The molecule has 0 bridgehead atoms. The Morgan fingerprint density at radius 1 is 1.42 bits per heavy atom. The molecular formula is C16H22ClNO5S. The number of hydrogen-bond acceptors (Lipinski definition) is 5. The molecular weight excluding hydrogens is 354 g/mol. The topological polar surface area (TPSA) is 72.9 Å². The Morgan fingerprint density at radius 3 is 2.75 bits per heavy atom. The lowest BCUT2D eigenvalue weighted by molar-refractivity contribution is -0.136. The molecule has 1 aromatic carbocycles. The molecule has 134 valence electrons. The van der Waals surface area contributed by atoms with Gasteiger partial charge in [-0.1, -0.05) is 11.6 Å². The van der Waals surface area contributed by atoms with Crippen LogP contribution in [0.2, 0.25) is 5.02 Å². The van der Waals surface area contributed by atoms with Gasteiger partial charge in [0.15, 0.2) is 16.4 Å². The number of methoxy groups -OCH3 is 1. The maximum atomic E-state index is 12.5. The predicted molar refractivity (Wildman–Crippen MR) is 92.3 cm³/mol. The number of carbonyl (C=O) groups is 1. The molecule has 1 amide bonds. The summed E-state index contributed by atoms with van der Waals surface area (Å²) >= 11 is 5.96. The predicted octanol–water partition coefficient (Wildman–Crippen LogP) is 1.69. The first kappa shape index (κ1) is 19.0. The molecule has 1 fully saturated rings. The van der Waals surface area contributed by atoms with Gasteiger partial charge < -0.3 is 14.4 Å². The summed E-state index contributed by atoms with van der Waals surface area (Å²) in [5.41, 5.74) is 0.861. The fourth-order valence-electron chi connectivity index (χ4n) is 2.66. The number of sulfone groups is 1. The lowest BCUT2D eigenvalue weighted by Gasteiger charge is -2.28. The van der Waals surface area contributed by atoms with Crippen molar-refractivity contribution < 1.29 is 22.7 Å². The highest BCUT2D eigenvalue weighted by molar-refractivity contribution is 7.91. The van der Waals surface area contributed by atoms with E-state index in [1.807, 2.05) is 6.92 Å². The summed E-state index contributed by atoms with van der Waals surface area (Å²) in [6, 6.07) is 4.86. The molecule has 1 aliphatic heterocycles. The average molecular weight is 376 g/mol. The van der Waals surface area contributed by atoms with Gasteiger partial charge in [0.2, 0.25) is 0 Å². The van der Waals surface area contributed by atoms with Gasteiger partial charge in [0.05, 0.1) is 18.1 Å². The van der Waals surface area contributed by atoms with Gasteiger partial charge in [-0.2, -0.15) is 0 Å². The highest BCUT2D eigenvalue weighted by Crippen LogP contribution is 2.22. The van der Waals surface area contributed by atoms with Crippen molar-refractivity contribution in [1.82, 2.24) is 4.90 Å². The minimum Gasteiger partial charge on any atom is -0.484 e. The molecule has 6 nitrogen and oxygen atoms in total. The van der Waals surface area contributed by atoms with E-state index in [1.54, 1.807) is 30.2 Å². The molecule has 1 saturated heterocycles. The van der Waals surface area contributed by atoms with Gasteiger partial charge in [0.25, 0.3) is 5.91 Å². The van der Waals surface area contributed by atoms with Crippen molar-refractivity contribution in [3.05, 3.63) is 28.8 Å². The Balaban J connectivity index is 2.00. The van der Waals surface area contributed by atoms with Crippen LogP contribution < -0.4 is 4.74 Å². The lowest BCUT2D eigenvalue weighted by atomic mass is 10.2. The first-order chi connectivity index (χ1) is 11.3. The molecule has 1 heterocycles. The van der Waals surface area contributed by atoms with E-state index in [9.17, 15) is 13.2 Å². The third-order valence-electron chi connectivity index (χ3n) is 4.00. The number of carbonyl (C=O) groups excluding carboxylic acids is 1. The highest BCUT2D eigenvalue weighted by atomic mass is 35.5. The van der Waals surface area contributed by atoms with Gasteiger partial charge in [-0.3, -0.25) is 4.79 Å². The van der Waals surface area contributed by atoms with Crippen LogP contribution in [-0.2, 0) is 19.4 Å². The molecule has 0 aromatic heterocycles. The second-order valence-corrected chi connectivity index (χ2v) is 8.47. The molecule has 0 saturated carbocycles. The third kappa shape index (κ3) is 5.09. The van der Waals surface area contributed by atoms with Gasteiger partial charge in [0, 0.05) is 24.7 Å². The molecule has 8 heteroatoms. The fourth-order valence-corrected chi connectivity index (χ4v) is 4.50. The van der Waals surface area contributed by atoms with E-state index in [-0.39, 0.29) is 30.1 Å². The Labute approximate surface area is 147 Å². The molecule has 0 unspecified atom stereocenters. The number of benzene rings is 1. The van der Waals surface area contributed by atoms with Crippen molar-refractivity contribution in [3.63, 3.8) is 0 Å². The van der Waals surface area contributed by atoms with Crippen LogP contribution in [0.25, 0.3) is 0 Å². The number of nitrogens with zero attached hydrogens (tertiary/aromatic N) is 1. The quantitative estimate of drug-likeness (QED) is 0.725. The van der Waals surface area contributed by atoms with Crippen LogP contribution in [0.3, 0.4) is 0 Å². The highest BCUT2D eigenvalue weighted by Gasteiger charge is 2.34. The summed E-state index contributed by atoms with van der Waals surface area (Å²) in [5, 5.41) is 0.631. The number of hydrogen-bond donors (Lipinski definition) is 0. The molecule has 0 N–H and O–H groups in total. The summed E-state index contributed by atoms with van der Waals surface area (Å²) in [6.45, 7) is 2.40. The standard InChI is InChI=1S/C16H22ClNO5S/c1-12-9-14(3-4-15(12)17)23-10-16(19)18(6-7-22-2)13-5-8-24(20,21)11-13/h3-4,9,13H,5-8,10-11H2,1-2H3/t13-/m1/s1. The average Bonchev–Trinajstić information content (AvgIpc) is 2.88. The van der Waals surface area contributed by atoms with E-state index in [1.165, 1.54) is 0 Å². The van der Waals surface area contributed by atoms with Crippen LogP contribution in [0.15, 0.2) is 18.2 Å². The molecule has 1 atom stereocenters. The van der Waals surface area contributed by atoms with Crippen molar-refractivity contribution in [2.75, 3.05) is 38.4 Å². The van der Waals surface area contributed by atoms with Crippen molar-refractivity contribution in [3.8, 4) is 5.75 Å². The molecule has 0 spiro atoms. The van der Waals surface area contributed by atoms with Crippen LogP contribution in [-0.4, -0.2) is 63.6 Å². The molecule has 2 rings (SSSR count). The summed E-state index contributed by atoms with van der Waals surface area (Å²) in [7, 11) is -1.52. The molecule has 1 aliphatic rings. The zero-order valence-electron chi connectivity index (χ0n) is 13.8. The Kier molecular flexibility index (Phi) is 6.48. The van der Waals surface area contributed by atoms with Crippen molar-refractivity contribution in [2.24, 2.45) is 0 Å². The van der Waals surface area contributed by atoms with Crippen LogP contribution in [0, 0.1) is 6.92 Å². The summed E-state index contributed by atoms with van der Waals surface area (Å²) in [4.78, 5) is 14.0. The third-order valence-corrected chi connectivity index (χ3v) is 6.17. The maximum absolute atomic E-state index is 12.5. The van der Waals surface area contributed by atoms with Crippen molar-refractivity contribution in [1.29, 1.82) is 0 Å². The Bertz CT molecular complexity index is 692. The maximum Gasteiger partial charge on any atom is 0.260 e. The van der Waals surface area contributed by atoms with Gasteiger partial charge in [-0.25, -0.2) is 8.42 Å². The number of amides is 1. The second kappa shape index (κ2) is 8.18. The molecule has 0 aliphatic carbocycles. The monoisotopic (exact) mass is 375 g/mol. The zero-order chi connectivity index (χ0) is 17.7. The molecule has 0 radical (unpaired) electrons. The second-order valence-electron chi connectivity index (χ2n) is 5.84. The van der Waals surface area contributed by atoms with Crippen molar-refractivity contribution in [2.45, 2.75) is 19.4 Å². The number of halogens is 1. The SMILES string of the molecule is COCCN(C(=O)COc1ccc(Cl)c(C)c1)[C@@H]1CCS(=O)(=O)C1. The summed E-state index contributed by atoms with van der Waals surface area (Å²) in [6.07, 6.45) is 0.456. The number of ether oxygens (including phenoxy) is 2. The van der Waals surface area contributed by atoms with Crippen LogP contribution in [0.4, 0.5) is 0 Å². The fraction of sp³-hybridized carbons (Fsp3) is 0.562. The summed E-state index contributed by atoms with van der Waals surface area (Å²) < 4.78 is 33.9. The van der Waals surface area contributed by atoms with Gasteiger partial charge >= 0.3 is 0 Å². The minimum atomic E-state index is -3.07. The van der Waals surface area contributed by atoms with Crippen LogP contribution in [0.1, 0.15) is 12.0 Å². The first-order valence-electron chi connectivity index (χ1n) is 7.70. The normalized spacial score (nSPS) is 19.2. The van der Waals surface area contributed by atoms with E-state index >= 15 is 0 Å². The van der Waals surface area contributed by atoms with E-state index in [0.29, 0.717) is 30.3 Å². The largest absolute Gasteiger partial charge is 0.484 e. The minimum absolute atomic E-state index is 0.00249. The van der Waals surface area contributed by atoms with Crippen molar-refractivity contribution >= 4 is 27.3 Å². The van der Waals surface area contributed by atoms with Crippen LogP contribution in [0.5, 0.6) is 5.75 Å². The summed E-state index contributed by atoms with van der Waals surface area (Å²) in [5.74, 6) is 0.423. The first-order valence-corrected chi connectivity index (χ1v) is 9.90. The zero-order valence-corrected chi connectivity index (χ0v) is 15.4. The van der Waals surface area contributed by atoms with E-state index < -0.39 is 9.84 Å². The number of aryl methyl sites for hydroxylation is 1. The van der Waals surface area contributed by atoms with Gasteiger partial charge in [-0.05, 0) is 37.1 Å². The number of rotatable bonds is 7. The van der Waals surface area contributed by atoms with Gasteiger partial charge in [0.1, 0.15) is 5.75 Å². The Hall–Kier alpha value is -1.31.